The van der Waals surface area contributed by atoms with Crippen LogP contribution in [0.5, 0.6) is 0 Å². The van der Waals surface area contributed by atoms with Gasteiger partial charge in [-0.15, -0.1) is 0 Å². The minimum atomic E-state index is -1.33. The van der Waals surface area contributed by atoms with E-state index in [0.717, 1.165) is 0 Å². The summed E-state index contributed by atoms with van der Waals surface area (Å²) in [5.41, 5.74) is 4.79. The predicted molar refractivity (Wildman–Crippen MR) is 59.7 cm³/mol. The first-order chi connectivity index (χ1) is 7.34. The molecule has 1 aromatic rings. The SMILES string of the molecule is CC(CC(C)(N)C(=O)O)c1ccccc1F. The van der Waals surface area contributed by atoms with Crippen molar-refractivity contribution in [3.8, 4) is 0 Å². The van der Waals surface area contributed by atoms with Crippen molar-refractivity contribution >= 4 is 5.97 Å². The molecule has 0 saturated heterocycles. The Balaban J connectivity index is 2.85. The summed E-state index contributed by atoms with van der Waals surface area (Å²) >= 11 is 0. The van der Waals surface area contributed by atoms with E-state index >= 15 is 0 Å². The van der Waals surface area contributed by atoms with Gasteiger partial charge in [-0.2, -0.15) is 0 Å². The van der Waals surface area contributed by atoms with E-state index in [0.29, 0.717) is 5.56 Å². The number of benzene rings is 1. The Kier molecular flexibility index (Phi) is 3.65. The third-order valence-corrected chi connectivity index (χ3v) is 2.65. The molecule has 0 saturated carbocycles. The third kappa shape index (κ3) is 2.79. The van der Waals surface area contributed by atoms with Crippen LogP contribution in [-0.4, -0.2) is 16.6 Å². The lowest BCUT2D eigenvalue weighted by molar-refractivity contribution is -0.143. The van der Waals surface area contributed by atoms with Crippen LogP contribution in [0.15, 0.2) is 24.3 Å². The molecule has 3 nitrogen and oxygen atoms in total. The summed E-state index contributed by atoms with van der Waals surface area (Å²) in [5, 5.41) is 8.89. The van der Waals surface area contributed by atoms with Crippen molar-refractivity contribution < 1.29 is 14.3 Å². The molecule has 0 radical (unpaired) electrons. The maximum absolute atomic E-state index is 13.4. The van der Waals surface area contributed by atoms with Gasteiger partial charge in [-0.05, 0) is 30.9 Å². The monoisotopic (exact) mass is 225 g/mol. The van der Waals surface area contributed by atoms with E-state index in [-0.39, 0.29) is 18.2 Å². The lowest BCUT2D eigenvalue weighted by atomic mass is 9.86. The summed E-state index contributed by atoms with van der Waals surface area (Å²) in [6.07, 6.45) is 0.198. The number of carboxylic acid groups (broad SMARTS) is 1. The molecule has 16 heavy (non-hydrogen) atoms. The topological polar surface area (TPSA) is 63.3 Å². The second-order valence-electron chi connectivity index (χ2n) is 4.35. The molecule has 2 unspecified atom stereocenters. The number of carboxylic acids is 1. The summed E-state index contributed by atoms with van der Waals surface area (Å²) in [5.74, 6) is -1.63. The first-order valence-corrected chi connectivity index (χ1v) is 5.11. The zero-order valence-corrected chi connectivity index (χ0v) is 9.40. The molecule has 2 atom stereocenters. The first-order valence-electron chi connectivity index (χ1n) is 5.11. The fourth-order valence-corrected chi connectivity index (χ4v) is 1.71. The first kappa shape index (κ1) is 12.6. The van der Waals surface area contributed by atoms with Crippen molar-refractivity contribution in [3.63, 3.8) is 0 Å². The smallest absolute Gasteiger partial charge is 0.323 e. The molecule has 0 amide bonds. The van der Waals surface area contributed by atoms with Gasteiger partial charge in [-0.25, -0.2) is 4.39 Å². The van der Waals surface area contributed by atoms with Crippen LogP contribution in [0.4, 0.5) is 4.39 Å². The van der Waals surface area contributed by atoms with E-state index in [1.807, 2.05) is 0 Å². The van der Waals surface area contributed by atoms with Crippen molar-refractivity contribution in [1.82, 2.24) is 0 Å². The highest BCUT2D eigenvalue weighted by molar-refractivity contribution is 5.77. The van der Waals surface area contributed by atoms with Crippen LogP contribution in [-0.2, 0) is 4.79 Å². The molecule has 0 aliphatic carbocycles. The second kappa shape index (κ2) is 4.61. The van der Waals surface area contributed by atoms with Crippen molar-refractivity contribution in [2.45, 2.75) is 31.7 Å². The molecule has 0 spiro atoms. The highest BCUT2D eigenvalue weighted by atomic mass is 19.1. The molecular weight excluding hydrogens is 209 g/mol. The number of aliphatic carboxylic acids is 1. The summed E-state index contributed by atoms with van der Waals surface area (Å²) in [7, 11) is 0. The van der Waals surface area contributed by atoms with Gasteiger partial charge < -0.3 is 10.8 Å². The van der Waals surface area contributed by atoms with Crippen LogP contribution in [0.2, 0.25) is 0 Å². The minimum Gasteiger partial charge on any atom is -0.480 e. The van der Waals surface area contributed by atoms with Gasteiger partial charge in [0, 0.05) is 0 Å². The van der Waals surface area contributed by atoms with Gasteiger partial charge in [0.25, 0.3) is 0 Å². The largest absolute Gasteiger partial charge is 0.480 e. The number of hydrogen-bond donors (Lipinski definition) is 2. The number of rotatable bonds is 4. The Morgan fingerprint density at radius 3 is 2.62 bits per heavy atom. The van der Waals surface area contributed by atoms with E-state index in [2.05, 4.69) is 0 Å². The Hall–Kier alpha value is -1.42. The molecule has 0 heterocycles. The summed E-state index contributed by atoms with van der Waals surface area (Å²) in [6.45, 7) is 3.21. The lowest BCUT2D eigenvalue weighted by Crippen LogP contribution is -2.45. The maximum Gasteiger partial charge on any atom is 0.323 e. The van der Waals surface area contributed by atoms with Crippen molar-refractivity contribution in [2.75, 3.05) is 0 Å². The van der Waals surface area contributed by atoms with E-state index < -0.39 is 11.5 Å². The molecule has 0 aliphatic heterocycles. The molecule has 4 heteroatoms. The molecule has 3 N–H and O–H groups in total. The van der Waals surface area contributed by atoms with Gasteiger partial charge in [0.15, 0.2) is 0 Å². The van der Waals surface area contributed by atoms with Gasteiger partial charge in [-0.3, -0.25) is 4.79 Å². The molecule has 1 rings (SSSR count). The normalized spacial score (nSPS) is 16.5. The average Bonchev–Trinajstić information content (AvgIpc) is 2.17. The van der Waals surface area contributed by atoms with E-state index in [1.165, 1.54) is 13.0 Å². The van der Waals surface area contributed by atoms with Gasteiger partial charge in [0.05, 0.1) is 0 Å². The summed E-state index contributed by atoms with van der Waals surface area (Å²) in [4.78, 5) is 10.9. The van der Waals surface area contributed by atoms with Crippen LogP contribution in [0.1, 0.15) is 31.7 Å². The van der Waals surface area contributed by atoms with Gasteiger partial charge in [0.2, 0.25) is 0 Å². The third-order valence-electron chi connectivity index (χ3n) is 2.65. The zero-order chi connectivity index (χ0) is 12.3. The quantitative estimate of drug-likeness (QED) is 0.825. The Morgan fingerprint density at radius 1 is 1.56 bits per heavy atom. The fourth-order valence-electron chi connectivity index (χ4n) is 1.71. The highest BCUT2D eigenvalue weighted by Gasteiger charge is 2.30. The van der Waals surface area contributed by atoms with Crippen molar-refractivity contribution in [2.24, 2.45) is 5.73 Å². The number of halogens is 1. The Labute approximate surface area is 94.1 Å². The Morgan fingerprint density at radius 2 is 2.12 bits per heavy atom. The molecule has 0 fully saturated rings. The van der Waals surface area contributed by atoms with Crippen LogP contribution >= 0.6 is 0 Å². The van der Waals surface area contributed by atoms with Gasteiger partial charge in [0.1, 0.15) is 11.4 Å². The fraction of sp³-hybridized carbons (Fsp3) is 0.417. The second-order valence-corrected chi connectivity index (χ2v) is 4.35. The molecular formula is C12H16FNO2. The summed E-state index contributed by atoms with van der Waals surface area (Å²) < 4.78 is 13.4. The molecule has 0 aromatic heterocycles. The molecule has 1 aromatic carbocycles. The lowest BCUT2D eigenvalue weighted by Gasteiger charge is -2.23. The molecule has 0 bridgehead atoms. The predicted octanol–water partition coefficient (Wildman–Crippen LogP) is 2.12. The van der Waals surface area contributed by atoms with Gasteiger partial charge >= 0.3 is 5.97 Å². The molecule has 0 aliphatic rings. The standard InChI is InChI=1S/C12H16FNO2/c1-8(7-12(2,14)11(15)16)9-5-3-4-6-10(9)13/h3-6,8H,7,14H2,1-2H3,(H,15,16). The van der Waals surface area contributed by atoms with E-state index in [4.69, 9.17) is 10.8 Å². The average molecular weight is 225 g/mol. The van der Waals surface area contributed by atoms with Crippen LogP contribution < -0.4 is 5.73 Å². The Bertz CT molecular complexity index is 390. The molecule has 88 valence electrons. The van der Waals surface area contributed by atoms with E-state index in [9.17, 15) is 9.18 Å². The van der Waals surface area contributed by atoms with Crippen LogP contribution in [0.3, 0.4) is 0 Å². The minimum absolute atomic E-state index is 0.198. The van der Waals surface area contributed by atoms with Crippen molar-refractivity contribution in [3.05, 3.63) is 35.6 Å². The highest BCUT2D eigenvalue weighted by Crippen LogP contribution is 2.26. The summed E-state index contributed by atoms with van der Waals surface area (Å²) in [6, 6.07) is 6.34. The van der Waals surface area contributed by atoms with Crippen molar-refractivity contribution in [1.29, 1.82) is 0 Å². The van der Waals surface area contributed by atoms with Gasteiger partial charge in [-0.1, -0.05) is 25.1 Å². The maximum atomic E-state index is 13.4. The zero-order valence-electron chi connectivity index (χ0n) is 9.40. The van der Waals surface area contributed by atoms with Crippen LogP contribution in [0.25, 0.3) is 0 Å². The number of nitrogens with two attached hydrogens (primary N) is 1. The number of carbonyl (C=O) groups is 1. The van der Waals surface area contributed by atoms with Crippen LogP contribution in [0, 0.1) is 5.82 Å². The number of hydrogen-bond acceptors (Lipinski definition) is 2. The van der Waals surface area contributed by atoms with E-state index in [1.54, 1.807) is 25.1 Å².